The monoisotopic (exact) mass is 334 g/mol. The topological polar surface area (TPSA) is 108 Å². The van der Waals surface area contributed by atoms with Crippen LogP contribution in [0.5, 0.6) is 0 Å². The molecule has 1 amide bonds. The maximum Gasteiger partial charge on any atom is 0.337 e. The van der Waals surface area contributed by atoms with Crippen molar-refractivity contribution in [3.63, 3.8) is 0 Å². The van der Waals surface area contributed by atoms with E-state index in [0.29, 0.717) is 5.52 Å². The first-order chi connectivity index (χ1) is 11.6. The first kappa shape index (κ1) is 15.9. The van der Waals surface area contributed by atoms with E-state index < -0.39 is 17.7 Å². The highest BCUT2D eigenvalue weighted by Crippen LogP contribution is 2.27. The third kappa shape index (κ3) is 2.58. The van der Waals surface area contributed by atoms with Crippen molar-refractivity contribution < 1.29 is 23.8 Å². The summed E-state index contributed by atoms with van der Waals surface area (Å²) in [6, 6.07) is 3.05. The number of H-pyrrole nitrogens is 1. The summed E-state index contributed by atoms with van der Waals surface area (Å²) >= 11 is 0. The minimum atomic E-state index is -0.684. The van der Waals surface area contributed by atoms with Crippen molar-refractivity contribution >= 4 is 28.5 Å². The summed E-state index contributed by atoms with van der Waals surface area (Å²) in [5, 5.41) is 18.4. The van der Waals surface area contributed by atoms with Gasteiger partial charge in [-0.25, -0.2) is 9.18 Å². The quantitative estimate of drug-likeness (QED) is 0.682. The zero-order valence-corrected chi connectivity index (χ0v) is 12.8. The molecule has 2 aromatic rings. The molecule has 1 aliphatic heterocycles. The molecule has 126 valence electrons. The number of aromatic nitrogens is 2. The molecule has 0 atom stereocenters. The molecular formula is C15H15FN4O4. The number of aliphatic hydroxyl groups excluding tert-OH is 1. The average molecular weight is 334 g/mol. The number of carbonyl (C=O) groups is 2. The van der Waals surface area contributed by atoms with Crippen LogP contribution in [0, 0.1) is 5.82 Å². The number of rotatable bonds is 5. The lowest BCUT2D eigenvalue weighted by atomic mass is 10.2. The van der Waals surface area contributed by atoms with E-state index in [1.165, 1.54) is 24.3 Å². The second-order valence-electron chi connectivity index (χ2n) is 5.18. The number of hydrogen-bond acceptors (Lipinski definition) is 6. The molecule has 8 nitrogen and oxygen atoms in total. The lowest BCUT2D eigenvalue weighted by molar-refractivity contribution is -0.136. The number of ether oxygens (including phenoxy) is 1. The Kier molecular flexibility index (Phi) is 4.17. The van der Waals surface area contributed by atoms with Gasteiger partial charge in [0, 0.05) is 6.54 Å². The second kappa shape index (κ2) is 6.28. The smallest absolute Gasteiger partial charge is 0.337 e. The number of aliphatic hydroxyl groups is 1. The zero-order chi connectivity index (χ0) is 17.3. The fourth-order valence-corrected chi connectivity index (χ4v) is 2.56. The van der Waals surface area contributed by atoms with Gasteiger partial charge in [0.05, 0.1) is 48.6 Å². The zero-order valence-electron chi connectivity index (χ0n) is 12.8. The van der Waals surface area contributed by atoms with Crippen molar-refractivity contribution in [1.82, 2.24) is 15.1 Å². The molecule has 1 aliphatic rings. The molecule has 3 N–H and O–H groups in total. The Hall–Kier alpha value is -2.94. The van der Waals surface area contributed by atoms with Crippen molar-refractivity contribution in [3.05, 3.63) is 35.4 Å². The summed E-state index contributed by atoms with van der Waals surface area (Å²) in [4.78, 5) is 25.6. The van der Waals surface area contributed by atoms with Gasteiger partial charge in [0.2, 0.25) is 0 Å². The van der Waals surface area contributed by atoms with Crippen LogP contribution in [0.4, 0.5) is 10.1 Å². The maximum atomic E-state index is 14.5. The summed E-state index contributed by atoms with van der Waals surface area (Å²) in [5.41, 5.74) is 0.582. The van der Waals surface area contributed by atoms with E-state index in [1.807, 2.05) is 0 Å². The third-order valence-corrected chi connectivity index (χ3v) is 3.77. The number of fused-ring (bicyclic) bond motifs is 1. The van der Waals surface area contributed by atoms with E-state index in [4.69, 9.17) is 5.11 Å². The van der Waals surface area contributed by atoms with Gasteiger partial charge in [-0.15, -0.1) is 0 Å². The van der Waals surface area contributed by atoms with Crippen LogP contribution in [-0.2, 0) is 14.3 Å². The summed E-state index contributed by atoms with van der Waals surface area (Å²) in [6.07, 6.45) is 1.33. The molecule has 1 aromatic heterocycles. The van der Waals surface area contributed by atoms with E-state index in [9.17, 15) is 14.0 Å². The van der Waals surface area contributed by atoms with Crippen LogP contribution >= 0.6 is 0 Å². The molecule has 0 radical (unpaired) electrons. The van der Waals surface area contributed by atoms with Crippen molar-refractivity contribution in [2.45, 2.75) is 0 Å². The van der Waals surface area contributed by atoms with Gasteiger partial charge in [-0.3, -0.25) is 9.89 Å². The first-order valence-corrected chi connectivity index (χ1v) is 7.17. The number of nitrogens with zero attached hydrogens (tertiary/aromatic N) is 2. The molecule has 0 spiro atoms. The molecule has 0 saturated heterocycles. The van der Waals surface area contributed by atoms with E-state index in [-0.39, 0.29) is 42.0 Å². The van der Waals surface area contributed by atoms with E-state index >= 15 is 0 Å². The Morgan fingerprint density at radius 2 is 2.33 bits per heavy atom. The van der Waals surface area contributed by atoms with Gasteiger partial charge in [0.25, 0.3) is 5.91 Å². The van der Waals surface area contributed by atoms with Gasteiger partial charge >= 0.3 is 5.97 Å². The average Bonchev–Trinajstić information content (AvgIpc) is 3.17. The number of anilines is 1. The van der Waals surface area contributed by atoms with Crippen LogP contribution in [0.1, 0.15) is 0 Å². The highest BCUT2D eigenvalue weighted by Gasteiger charge is 2.34. The number of carbonyl (C=O) groups excluding carboxylic acids is 2. The third-order valence-electron chi connectivity index (χ3n) is 3.77. The van der Waals surface area contributed by atoms with Gasteiger partial charge in [-0.1, -0.05) is 0 Å². The molecule has 0 saturated carbocycles. The number of methoxy groups -OCH3 is 1. The standard InChI is InChI=1S/C15H15FN4O4/c1-24-15(23)9-7-20(4-5-21)14(22)13(9)18-11-3-2-10-8(12(11)16)6-17-19-10/h2-3,6,18,21H,4-5,7H2,1H3,(H,17,19). The number of esters is 1. The first-order valence-electron chi connectivity index (χ1n) is 7.17. The Morgan fingerprint density at radius 1 is 1.54 bits per heavy atom. The summed E-state index contributed by atoms with van der Waals surface area (Å²) in [5.74, 6) is -1.78. The molecule has 1 aromatic carbocycles. The minimum absolute atomic E-state index is 0.00995. The fourth-order valence-electron chi connectivity index (χ4n) is 2.56. The number of aromatic amines is 1. The molecule has 3 rings (SSSR count). The molecular weight excluding hydrogens is 319 g/mol. The minimum Gasteiger partial charge on any atom is -0.466 e. The fraction of sp³-hybridized carbons (Fsp3) is 0.267. The van der Waals surface area contributed by atoms with E-state index in [2.05, 4.69) is 20.3 Å². The largest absolute Gasteiger partial charge is 0.466 e. The lowest BCUT2D eigenvalue weighted by Gasteiger charge is -2.15. The normalized spacial score (nSPS) is 14.6. The summed E-state index contributed by atoms with van der Waals surface area (Å²) < 4.78 is 19.2. The number of nitrogens with one attached hydrogen (secondary N) is 2. The number of halogens is 1. The molecule has 9 heteroatoms. The van der Waals surface area contributed by atoms with E-state index in [0.717, 1.165) is 0 Å². The van der Waals surface area contributed by atoms with Crippen molar-refractivity contribution in [2.24, 2.45) is 0 Å². The predicted molar refractivity (Wildman–Crippen MR) is 82.4 cm³/mol. The van der Waals surface area contributed by atoms with Crippen LogP contribution in [0.3, 0.4) is 0 Å². The summed E-state index contributed by atoms with van der Waals surface area (Å²) in [6.45, 7) is -0.194. The SMILES string of the molecule is COC(=O)C1=C(Nc2ccc3[nH]ncc3c2F)C(=O)N(CCO)C1. The molecule has 0 aliphatic carbocycles. The van der Waals surface area contributed by atoms with Crippen LogP contribution in [-0.4, -0.2) is 58.9 Å². The molecule has 0 unspecified atom stereocenters. The molecule has 24 heavy (non-hydrogen) atoms. The predicted octanol–water partition coefficient (Wildman–Crippen LogP) is 0.375. The lowest BCUT2D eigenvalue weighted by Crippen LogP contribution is -2.31. The second-order valence-corrected chi connectivity index (χ2v) is 5.18. The van der Waals surface area contributed by atoms with Crippen molar-refractivity contribution in [3.8, 4) is 0 Å². The number of amides is 1. The highest BCUT2D eigenvalue weighted by molar-refractivity contribution is 6.08. The Labute approximate surface area is 135 Å². The van der Waals surface area contributed by atoms with Gasteiger partial charge < -0.3 is 20.1 Å². The van der Waals surface area contributed by atoms with Crippen LogP contribution in [0.25, 0.3) is 10.9 Å². The van der Waals surface area contributed by atoms with Crippen LogP contribution in [0.15, 0.2) is 29.6 Å². The van der Waals surface area contributed by atoms with Gasteiger partial charge in [-0.2, -0.15) is 5.10 Å². The molecule has 0 fully saturated rings. The number of benzene rings is 1. The van der Waals surface area contributed by atoms with E-state index in [1.54, 1.807) is 6.07 Å². The highest BCUT2D eigenvalue weighted by atomic mass is 19.1. The Bertz CT molecular complexity index is 845. The van der Waals surface area contributed by atoms with Crippen LogP contribution in [0.2, 0.25) is 0 Å². The van der Waals surface area contributed by atoms with Gasteiger partial charge in [0.15, 0.2) is 5.82 Å². The van der Waals surface area contributed by atoms with Crippen molar-refractivity contribution in [1.29, 1.82) is 0 Å². The van der Waals surface area contributed by atoms with Gasteiger partial charge in [-0.05, 0) is 12.1 Å². The van der Waals surface area contributed by atoms with Crippen LogP contribution < -0.4 is 5.32 Å². The molecule has 2 heterocycles. The van der Waals surface area contributed by atoms with Crippen molar-refractivity contribution in [2.75, 3.05) is 32.1 Å². The van der Waals surface area contributed by atoms with Gasteiger partial charge in [0.1, 0.15) is 5.70 Å². The number of hydrogen-bond donors (Lipinski definition) is 3. The Morgan fingerprint density at radius 3 is 3.04 bits per heavy atom. The number of β-amino-alcohol motifs (C(OH)–C–C–N with tert-alkyl or cyclic N) is 1. The molecule has 0 bridgehead atoms. The Balaban J connectivity index is 1.98. The maximum absolute atomic E-state index is 14.5. The summed E-state index contributed by atoms with van der Waals surface area (Å²) in [7, 11) is 1.20.